The highest BCUT2D eigenvalue weighted by molar-refractivity contribution is 9.10. The largest absolute Gasteiger partial charge is 0.298 e. The Kier molecular flexibility index (Phi) is 3.85. The lowest BCUT2D eigenvalue weighted by molar-refractivity contribution is 0.112. The maximum atomic E-state index is 13.4. The van der Waals surface area contributed by atoms with Crippen LogP contribution in [0, 0.1) is 11.6 Å². The van der Waals surface area contributed by atoms with Gasteiger partial charge in [-0.3, -0.25) is 4.79 Å². The topological polar surface area (TPSA) is 34.9 Å². The molecule has 0 saturated heterocycles. The van der Waals surface area contributed by atoms with Crippen LogP contribution in [0.4, 0.5) is 8.78 Å². The molecule has 0 aliphatic carbocycles. The van der Waals surface area contributed by atoms with Gasteiger partial charge in [-0.05, 0) is 46.3 Å². The van der Waals surface area contributed by atoms with Gasteiger partial charge < -0.3 is 0 Å². The van der Waals surface area contributed by atoms with E-state index in [-0.39, 0.29) is 11.3 Å². The Hall–Kier alpha value is -2.34. The predicted octanol–water partition coefficient (Wildman–Crippen LogP) is 4.39. The fourth-order valence-electron chi connectivity index (χ4n) is 2.11. The van der Waals surface area contributed by atoms with E-state index >= 15 is 0 Å². The summed E-state index contributed by atoms with van der Waals surface area (Å²) < 4.78 is 28.5. The lowest BCUT2D eigenvalue weighted by Gasteiger charge is -2.02. The minimum Gasteiger partial charge on any atom is -0.298 e. The molecule has 1 heterocycles. The molecule has 0 aliphatic heterocycles. The van der Waals surface area contributed by atoms with Gasteiger partial charge in [-0.15, -0.1) is 0 Å². The highest BCUT2D eigenvalue weighted by atomic mass is 79.9. The van der Waals surface area contributed by atoms with E-state index in [2.05, 4.69) is 21.0 Å². The van der Waals surface area contributed by atoms with E-state index in [1.807, 2.05) is 30.3 Å². The molecular formula is C16H9BrF2N2O. The van der Waals surface area contributed by atoms with Crippen molar-refractivity contribution < 1.29 is 13.6 Å². The second-order valence-corrected chi connectivity index (χ2v) is 5.30. The number of carbonyl (C=O) groups is 1. The van der Waals surface area contributed by atoms with Crippen molar-refractivity contribution in [3.05, 3.63) is 70.3 Å². The molecule has 0 amide bonds. The summed E-state index contributed by atoms with van der Waals surface area (Å²) in [6.45, 7) is 0. The number of aldehydes is 1. The van der Waals surface area contributed by atoms with Gasteiger partial charge in [0.1, 0.15) is 10.3 Å². The third kappa shape index (κ3) is 2.46. The smallest absolute Gasteiger partial charge is 0.159 e. The van der Waals surface area contributed by atoms with Crippen LogP contribution < -0.4 is 0 Å². The molecule has 0 aliphatic rings. The van der Waals surface area contributed by atoms with Gasteiger partial charge in [-0.1, -0.05) is 18.2 Å². The van der Waals surface area contributed by atoms with E-state index < -0.39 is 11.6 Å². The third-order valence-corrected chi connectivity index (χ3v) is 3.94. The fourth-order valence-corrected chi connectivity index (χ4v) is 2.68. The number of rotatable bonds is 3. The number of hydrogen-bond donors (Lipinski definition) is 0. The van der Waals surface area contributed by atoms with Crippen molar-refractivity contribution in [3.8, 4) is 16.9 Å². The van der Waals surface area contributed by atoms with Crippen molar-refractivity contribution in [2.24, 2.45) is 0 Å². The van der Waals surface area contributed by atoms with Crippen molar-refractivity contribution in [1.29, 1.82) is 0 Å². The average molecular weight is 363 g/mol. The molecule has 0 unspecified atom stereocenters. The number of aromatic nitrogens is 2. The minimum atomic E-state index is -0.986. The summed E-state index contributed by atoms with van der Waals surface area (Å²) in [5, 5.41) is 4.34. The molecule has 3 aromatic rings. The summed E-state index contributed by atoms with van der Waals surface area (Å²) in [5.41, 5.74) is 1.63. The van der Waals surface area contributed by atoms with Gasteiger partial charge in [-0.25, -0.2) is 13.5 Å². The highest BCUT2D eigenvalue weighted by Gasteiger charge is 2.19. The normalized spacial score (nSPS) is 10.7. The average Bonchev–Trinajstić information content (AvgIpc) is 2.87. The number of para-hydroxylation sites is 1. The van der Waals surface area contributed by atoms with Crippen LogP contribution >= 0.6 is 15.9 Å². The van der Waals surface area contributed by atoms with E-state index in [1.165, 1.54) is 10.7 Å². The first-order chi connectivity index (χ1) is 10.6. The summed E-state index contributed by atoms with van der Waals surface area (Å²) in [7, 11) is 0. The standard InChI is InChI=1S/C16H9BrF2N2O/c17-16-12(9-22)15(10-6-7-13(18)14(19)8-10)20-21(16)11-4-2-1-3-5-11/h1-9H. The van der Waals surface area contributed by atoms with Gasteiger partial charge in [-0.2, -0.15) is 5.10 Å². The molecule has 3 rings (SSSR count). The minimum absolute atomic E-state index is 0.273. The molecule has 0 radical (unpaired) electrons. The molecule has 0 fully saturated rings. The first kappa shape index (κ1) is 14.6. The lowest BCUT2D eigenvalue weighted by Crippen LogP contribution is -1.96. The predicted molar refractivity (Wildman–Crippen MR) is 82.0 cm³/mol. The Labute approximate surface area is 133 Å². The van der Waals surface area contributed by atoms with Gasteiger partial charge in [0.2, 0.25) is 0 Å². The molecule has 110 valence electrons. The van der Waals surface area contributed by atoms with Gasteiger partial charge in [0.15, 0.2) is 17.9 Å². The van der Waals surface area contributed by atoms with E-state index in [0.29, 0.717) is 16.5 Å². The van der Waals surface area contributed by atoms with Crippen LogP contribution in [0.2, 0.25) is 0 Å². The van der Waals surface area contributed by atoms with E-state index in [4.69, 9.17) is 0 Å². The van der Waals surface area contributed by atoms with Crippen LogP contribution in [0.15, 0.2) is 53.1 Å². The molecule has 0 saturated carbocycles. The Morgan fingerprint density at radius 1 is 1.05 bits per heavy atom. The third-order valence-electron chi connectivity index (χ3n) is 3.17. The lowest BCUT2D eigenvalue weighted by atomic mass is 10.1. The number of benzene rings is 2. The summed E-state index contributed by atoms with van der Waals surface area (Å²) in [5.74, 6) is -1.93. The monoisotopic (exact) mass is 362 g/mol. The number of nitrogens with zero attached hydrogens (tertiary/aromatic N) is 2. The van der Waals surface area contributed by atoms with Crippen LogP contribution in [-0.4, -0.2) is 16.1 Å². The molecular weight excluding hydrogens is 354 g/mol. The number of hydrogen-bond acceptors (Lipinski definition) is 2. The van der Waals surface area contributed by atoms with Crippen molar-refractivity contribution in [2.45, 2.75) is 0 Å². The van der Waals surface area contributed by atoms with Crippen LogP contribution in [0.1, 0.15) is 10.4 Å². The van der Waals surface area contributed by atoms with E-state index in [0.717, 1.165) is 17.8 Å². The molecule has 6 heteroatoms. The second kappa shape index (κ2) is 5.81. The van der Waals surface area contributed by atoms with Crippen molar-refractivity contribution in [2.75, 3.05) is 0 Å². The van der Waals surface area contributed by atoms with E-state index in [9.17, 15) is 13.6 Å². The summed E-state index contributed by atoms with van der Waals surface area (Å²) in [4.78, 5) is 11.4. The first-order valence-corrected chi connectivity index (χ1v) is 7.15. The zero-order valence-corrected chi connectivity index (χ0v) is 12.7. The Bertz CT molecular complexity index is 847. The maximum absolute atomic E-state index is 13.4. The Morgan fingerprint density at radius 2 is 1.77 bits per heavy atom. The van der Waals surface area contributed by atoms with Crippen LogP contribution in [-0.2, 0) is 0 Å². The first-order valence-electron chi connectivity index (χ1n) is 6.36. The summed E-state index contributed by atoms with van der Waals surface area (Å²) in [6, 6.07) is 12.6. The van der Waals surface area contributed by atoms with Crippen molar-refractivity contribution >= 4 is 22.2 Å². The fraction of sp³-hybridized carbons (Fsp3) is 0. The maximum Gasteiger partial charge on any atom is 0.159 e. The van der Waals surface area contributed by atoms with Crippen LogP contribution in [0.3, 0.4) is 0 Å². The van der Waals surface area contributed by atoms with Crippen LogP contribution in [0.25, 0.3) is 16.9 Å². The number of halogens is 3. The molecule has 22 heavy (non-hydrogen) atoms. The Morgan fingerprint density at radius 3 is 2.41 bits per heavy atom. The van der Waals surface area contributed by atoms with Gasteiger partial charge in [0.05, 0.1) is 11.3 Å². The quantitative estimate of drug-likeness (QED) is 0.647. The van der Waals surface area contributed by atoms with Crippen molar-refractivity contribution in [1.82, 2.24) is 9.78 Å². The van der Waals surface area contributed by atoms with Crippen LogP contribution in [0.5, 0.6) is 0 Å². The SMILES string of the molecule is O=Cc1c(-c2ccc(F)c(F)c2)nn(-c2ccccc2)c1Br. The van der Waals surface area contributed by atoms with Gasteiger partial charge in [0, 0.05) is 5.56 Å². The van der Waals surface area contributed by atoms with Crippen molar-refractivity contribution in [3.63, 3.8) is 0 Å². The Balaban J connectivity index is 2.20. The van der Waals surface area contributed by atoms with Gasteiger partial charge >= 0.3 is 0 Å². The molecule has 0 spiro atoms. The van der Waals surface area contributed by atoms with E-state index in [1.54, 1.807) is 0 Å². The molecule has 0 atom stereocenters. The molecule has 2 aromatic carbocycles. The molecule has 1 aromatic heterocycles. The summed E-state index contributed by atoms with van der Waals surface area (Å²) >= 11 is 3.33. The second-order valence-electron chi connectivity index (χ2n) is 4.55. The highest BCUT2D eigenvalue weighted by Crippen LogP contribution is 2.30. The molecule has 0 bridgehead atoms. The zero-order valence-electron chi connectivity index (χ0n) is 11.1. The summed E-state index contributed by atoms with van der Waals surface area (Å²) in [6.07, 6.45) is 0.632. The number of carbonyl (C=O) groups excluding carboxylic acids is 1. The molecule has 3 nitrogen and oxygen atoms in total. The van der Waals surface area contributed by atoms with Gasteiger partial charge in [0.25, 0.3) is 0 Å². The molecule has 0 N–H and O–H groups in total. The zero-order chi connectivity index (χ0) is 15.7.